The zero-order valence-electron chi connectivity index (χ0n) is 32.5. The minimum atomic E-state index is -4.77. The van der Waals surface area contributed by atoms with E-state index >= 15 is 0 Å². The molecule has 2 N–H and O–H groups in total. The molecule has 0 saturated carbocycles. The van der Waals surface area contributed by atoms with Crippen molar-refractivity contribution in [2.75, 3.05) is 13.2 Å². The molecule has 298 valence electrons. The average molecular weight is 743 g/mol. The molecule has 0 bridgehead atoms. The summed E-state index contributed by atoms with van der Waals surface area (Å²) in [6.45, 7) is 3.52. The van der Waals surface area contributed by atoms with Gasteiger partial charge in [-0.3, -0.25) is 18.9 Å². The molecular formula is C41H75O9P. The third-order valence-corrected chi connectivity index (χ3v) is 9.43. The van der Waals surface area contributed by atoms with Crippen LogP contribution in [-0.4, -0.2) is 46.8 Å². The summed E-state index contributed by atoms with van der Waals surface area (Å²) in [5, 5.41) is 0. The summed E-state index contributed by atoms with van der Waals surface area (Å²) in [7, 11) is -4.77. The van der Waals surface area contributed by atoms with Crippen molar-refractivity contribution in [2.24, 2.45) is 0 Å². The third-order valence-electron chi connectivity index (χ3n) is 8.95. The molecule has 10 heteroatoms. The lowest BCUT2D eigenvalue weighted by atomic mass is 10.0. The van der Waals surface area contributed by atoms with Crippen molar-refractivity contribution in [3.8, 4) is 0 Å². The smallest absolute Gasteiger partial charge is 0.462 e. The van der Waals surface area contributed by atoms with Crippen LogP contribution in [0.2, 0.25) is 0 Å². The maximum absolute atomic E-state index is 12.4. The minimum absolute atomic E-state index is 0.175. The second-order valence-corrected chi connectivity index (χ2v) is 15.2. The number of ketones is 1. The monoisotopic (exact) mass is 743 g/mol. The first-order valence-electron chi connectivity index (χ1n) is 20.6. The van der Waals surface area contributed by atoms with Crippen LogP contribution in [0.1, 0.15) is 200 Å². The van der Waals surface area contributed by atoms with Gasteiger partial charge in [0.05, 0.1) is 6.61 Å². The Morgan fingerprint density at radius 3 is 1.49 bits per heavy atom. The molecule has 0 amide bonds. The Labute approximate surface area is 311 Å². The van der Waals surface area contributed by atoms with Gasteiger partial charge in [0.2, 0.25) is 0 Å². The lowest BCUT2D eigenvalue weighted by Gasteiger charge is -2.18. The fraction of sp³-hybridized carbons (Fsp3) is 0.829. The van der Waals surface area contributed by atoms with Gasteiger partial charge in [0, 0.05) is 19.3 Å². The van der Waals surface area contributed by atoms with Gasteiger partial charge in [-0.2, -0.15) is 0 Å². The number of phosphoric ester groups is 1. The van der Waals surface area contributed by atoms with Gasteiger partial charge in [0.25, 0.3) is 0 Å². The summed E-state index contributed by atoms with van der Waals surface area (Å²) in [6, 6.07) is 0. The van der Waals surface area contributed by atoms with E-state index in [0.717, 1.165) is 70.6 Å². The molecule has 51 heavy (non-hydrogen) atoms. The first-order chi connectivity index (χ1) is 24.7. The number of unbranched alkanes of at least 4 members (excludes halogenated alkanes) is 23. The highest BCUT2D eigenvalue weighted by Gasteiger charge is 2.22. The maximum Gasteiger partial charge on any atom is 0.469 e. The topological polar surface area (TPSA) is 136 Å². The van der Waals surface area contributed by atoms with Crippen LogP contribution in [0.25, 0.3) is 0 Å². The Balaban J connectivity index is 3.96. The van der Waals surface area contributed by atoms with Crippen molar-refractivity contribution in [3.63, 3.8) is 0 Å². The number of rotatable bonds is 38. The third kappa shape index (κ3) is 39.2. The molecule has 0 unspecified atom stereocenters. The van der Waals surface area contributed by atoms with E-state index in [1.807, 2.05) is 12.2 Å². The van der Waals surface area contributed by atoms with Gasteiger partial charge in [-0.1, -0.05) is 167 Å². The Kier molecular flexibility index (Phi) is 35.3. The van der Waals surface area contributed by atoms with Crippen LogP contribution >= 0.6 is 7.82 Å². The SMILES string of the molecule is CCCCCCCCCCCCCCCCCCCC(=O)O[C@H](COC(=O)CCCCCCC/C=C\C=C\C(=O)CCCCC)COP(=O)(O)O. The van der Waals surface area contributed by atoms with Gasteiger partial charge < -0.3 is 19.3 Å². The van der Waals surface area contributed by atoms with Crippen LogP contribution in [0.4, 0.5) is 0 Å². The molecule has 0 aromatic carbocycles. The van der Waals surface area contributed by atoms with Gasteiger partial charge in [0.1, 0.15) is 6.61 Å². The first-order valence-corrected chi connectivity index (χ1v) is 22.1. The summed E-state index contributed by atoms with van der Waals surface area (Å²) in [5.41, 5.74) is 0. The Bertz CT molecular complexity index is 943. The van der Waals surface area contributed by atoms with Crippen LogP contribution in [0.15, 0.2) is 24.3 Å². The lowest BCUT2D eigenvalue weighted by Crippen LogP contribution is -2.29. The fourth-order valence-corrected chi connectivity index (χ4v) is 6.19. The zero-order valence-corrected chi connectivity index (χ0v) is 33.4. The van der Waals surface area contributed by atoms with Crippen molar-refractivity contribution in [1.82, 2.24) is 0 Å². The quantitative estimate of drug-likeness (QED) is 0.0208. The molecule has 0 aliphatic heterocycles. The fourth-order valence-electron chi connectivity index (χ4n) is 5.83. The standard InChI is InChI=1S/C41H75O9P/c1-3-5-7-8-9-10-11-12-13-14-15-16-17-20-24-27-31-35-41(44)50-39(37-49-51(45,46)47)36-48-40(43)34-30-26-23-21-18-19-22-25-29-33-38(42)32-28-6-4-2/h22,25,29,33,39H,3-21,23-24,26-28,30-32,34-37H2,1-2H3,(H2,45,46,47)/b25-22-,33-29+/t39-/m1/s1. The number of phosphoric acid groups is 1. The van der Waals surface area contributed by atoms with Gasteiger partial charge >= 0.3 is 19.8 Å². The zero-order chi connectivity index (χ0) is 37.7. The van der Waals surface area contributed by atoms with E-state index in [1.165, 1.54) is 83.5 Å². The summed E-state index contributed by atoms with van der Waals surface area (Å²) >= 11 is 0. The molecule has 0 saturated heterocycles. The summed E-state index contributed by atoms with van der Waals surface area (Å²) < 4.78 is 26.3. The number of hydrogen-bond acceptors (Lipinski definition) is 7. The average Bonchev–Trinajstić information content (AvgIpc) is 3.09. The minimum Gasteiger partial charge on any atom is -0.462 e. The Morgan fingerprint density at radius 1 is 0.549 bits per heavy atom. The Morgan fingerprint density at radius 2 is 0.980 bits per heavy atom. The lowest BCUT2D eigenvalue weighted by molar-refractivity contribution is -0.161. The number of ether oxygens (including phenoxy) is 2. The van der Waals surface area contributed by atoms with Crippen molar-refractivity contribution in [1.29, 1.82) is 0 Å². The molecule has 0 aliphatic rings. The van der Waals surface area contributed by atoms with E-state index in [-0.39, 0.29) is 25.2 Å². The van der Waals surface area contributed by atoms with Crippen molar-refractivity contribution < 1.29 is 42.7 Å². The predicted molar refractivity (Wildman–Crippen MR) is 207 cm³/mol. The van der Waals surface area contributed by atoms with Gasteiger partial charge in [-0.25, -0.2) is 4.57 Å². The second-order valence-electron chi connectivity index (χ2n) is 14.0. The summed E-state index contributed by atoms with van der Waals surface area (Å²) in [4.78, 5) is 54.5. The first kappa shape index (κ1) is 49.2. The van der Waals surface area contributed by atoms with Gasteiger partial charge in [-0.05, 0) is 38.2 Å². The number of esters is 2. The van der Waals surface area contributed by atoms with Gasteiger partial charge in [0.15, 0.2) is 11.9 Å². The molecule has 0 fully saturated rings. The van der Waals surface area contributed by atoms with E-state index < -0.39 is 32.5 Å². The van der Waals surface area contributed by atoms with Crippen molar-refractivity contribution in [3.05, 3.63) is 24.3 Å². The predicted octanol–water partition coefficient (Wildman–Crippen LogP) is 11.6. The molecule has 0 aliphatic carbocycles. The highest BCUT2D eigenvalue weighted by atomic mass is 31.2. The van der Waals surface area contributed by atoms with Crippen molar-refractivity contribution >= 4 is 25.5 Å². The molecule has 0 aromatic heterocycles. The molecule has 0 aromatic rings. The molecular weight excluding hydrogens is 667 g/mol. The molecule has 0 spiro atoms. The molecule has 0 radical (unpaired) electrons. The largest absolute Gasteiger partial charge is 0.469 e. The molecule has 0 rings (SSSR count). The van der Waals surface area contributed by atoms with Crippen LogP contribution in [0.5, 0.6) is 0 Å². The van der Waals surface area contributed by atoms with Crippen LogP contribution in [-0.2, 0) is 32.9 Å². The van der Waals surface area contributed by atoms with Gasteiger partial charge in [-0.15, -0.1) is 0 Å². The Hall–Kier alpha value is -1.80. The van der Waals surface area contributed by atoms with E-state index in [1.54, 1.807) is 6.08 Å². The molecule has 1 atom stereocenters. The number of hydrogen-bond donors (Lipinski definition) is 2. The normalized spacial score (nSPS) is 12.5. The molecule has 0 heterocycles. The number of carbonyl (C=O) groups excluding carboxylic acids is 3. The summed E-state index contributed by atoms with van der Waals surface area (Å²) in [5.74, 6) is -0.763. The van der Waals surface area contributed by atoms with E-state index in [9.17, 15) is 18.9 Å². The van der Waals surface area contributed by atoms with E-state index in [4.69, 9.17) is 19.3 Å². The van der Waals surface area contributed by atoms with E-state index in [2.05, 4.69) is 24.4 Å². The maximum atomic E-state index is 12.4. The number of carbonyl (C=O) groups is 3. The summed E-state index contributed by atoms with van der Waals surface area (Å²) in [6.07, 6.45) is 37.3. The highest BCUT2D eigenvalue weighted by molar-refractivity contribution is 7.46. The highest BCUT2D eigenvalue weighted by Crippen LogP contribution is 2.36. The molecule has 9 nitrogen and oxygen atoms in total. The van der Waals surface area contributed by atoms with Crippen molar-refractivity contribution in [2.45, 2.75) is 206 Å². The number of allylic oxidation sites excluding steroid dienone is 4. The van der Waals surface area contributed by atoms with E-state index in [0.29, 0.717) is 19.3 Å². The van der Waals surface area contributed by atoms with Crippen LogP contribution in [0.3, 0.4) is 0 Å². The second kappa shape index (κ2) is 36.6. The van der Waals surface area contributed by atoms with Crippen LogP contribution in [0, 0.1) is 0 Å². The van der Waals surface area contributed by atoms with Crippen LogP contribution < -0.4 is 0 Å².